The standard InChI is InChI=1S/C32H24F3N9O3S2/c33-32(34,35)19-5-7-20(8-6-19)41-30(47)42-31-37-15-21(48-31)9-10-36-27-26-24(38-17-39-27)13-25(49-26)18-14-40-43(16-18)11-12-44-28(45)22-3-1-2-4-23(22)29(44)46/h1-8,13-17H,9-12H2,(H,36,38,39)(H2,37,41,42,47). The predicted octanol–water partition coefficient (Wildman–Crippen LogP) is 6.62. The average Bonchev–Trinajstić information content (AvgIpc) is 3.88. The first-order valence-corrected chi connectivity index (χ1v) is 16.4. The molecule has 0 saturated carbocycles. The van der Waals surface area contributed by atoms with E-state index in [1.165, 1.54) is 46.0 Å². The Labute approximate surface area is 283 Å². The molecule has 5 heterocycles. The number of imide groups is 1. The van der Waals surface area contributed by atoms with Crippen molar-refractivity contribution in [2.24, 2.45) is 0 Å². The zero-order chi connectivity index (χ0) is 34.1. The lowest BCUT2D eigenvalue weighted by atomic mass is 10.1. The number of hydrogen-bond acceptors (Lipinski definition) is 10. The normalized spacial score (nSPS) is 12.8. The van der Waals surface area contributed by atoms with Gasteiger partial charge in [-0.15, -0.1) is 22.7 Å². The molecule has 0 fully saturated rings. The van der Waals surface area contributed by atoms with Gasteiger partial charge in [0.25, 0.3) is 11.8 Å². The van der Waals surface area contributed by atoms with Gasteiger partial charge in [-0.3, -0.25) is 24.5 Å². The number of alkyl halides is 3. The highest BCUT2D eigenvalue weighted by Gasteiger charge is 2.34. The van der Waals surface area contributed by atoms with E-state index < -0.39 is 17.8 Å². The third kappa shape index (κ3) is 6.84. The number of amides is 4. The lowest BCUT2D eigenvalue weighted by Crippen LogP contribution is -2.33. The molecule has 17 heteroatoms. The van der Waals surface area contributed by atoms with Crippen molar-refractivity contribution in [2.45, 2.75) is 19.1 Å². The monoisotopic (exact) mass is 703 g/mol. The van der Waals surface area contributed by atoms with Crippen molar-refractivity contribution in [2.75, 3.05) is 29.0 Å². The van der Waals surface area contributed by atoms with Crippen molar-refractivity contribution < 1.29 is 27.6 Å². The molecular formula is C32H24F3N9O3S2. The first-order chi connectivity index (χ1) is 23.6. The number of anilines is 3. The Balaban J connectivity index is 0.924. The van der Waals surface area contributed by atoms with Gasteiger partial charge in [-0.2, -0.15) is 18.3 Å². The van der Waals surface area contributed by atoms with Gasteiger partial charge in [0.1, 0.15) is 12.1 Å². The fourth-order valence-corrected chi connectivity index (χ4v) is 7.03. The molecule has 1 aliphatic rings. The number of halogens is 3. The van der Waals surface area contributed by atoms with Crippen molar-refractivity contribution in [3.63, 3.8) is 0 Å². The van der Waals surface area contributed by atoms with E-state index in [1.807, 2.05) is 12.3 Å². The number of carbonyl (C=O) groups is 3. The van der Waals surface area contributed by atoms with Gasteiger partial charge in [0.15, 0.2) is 5.13 Å². The predicted molar refractivity (Wildman–Crippen MR) is 179 cm³/mol. The van der Waals surface area contributed by atoms with Crippen molar-refractivity contribution in [3.05, 3.63) is 101 Å². The lowest BCUT2D eigenvalue weighted by Gasteiger charge is -2.13. The minimum atomic E-state index is -4.46. The van der Waals surface area contributed by atoms with E-state index in [2.05, 4.69) is 36.0 Å². The van der Waals surface area contributed by atoms with E-state index in [4.69, 9.17) is 0 Å². The average molecular weight is 704 g/mol. The Bertz CT molecular complexity index is 2160. The van der Waals surface area contributed by atoms with Gasteiger partial charge in [-0.1, -0.05) is 12.1 Å². The summed E-state index contributed by atoms with van der Waals surface area (Å²) in [5.41, 5.74) is 1.87. The minimum absolute atomic E-state index is 0.201. The first kappa shape index (κ1) is 31.9. The molecule has 0 saturated heterocycles. The number of thiophene rings is 1. The molecule has 7 rings (SSSR count). The maximum Gasteiger partial charge on any atom is 0.416 e. The molecule has 6 aromatic rings. The molecule has 248 valence electrons. The molecule has 0 aliphatic carbocycles. The molecule has 0 radical (unpaired) electrons. The molecule has 0 bridgehead atoms. The molecule has 3 N–H and O–H groups in total. The van der Waals surface area contributed by atoms with Gasteiger partial charge in [0, 0.05) is 52.9 Å². The fourth-order valence-electron chi connectivity index (χ4n) is 5.17. The van der Waals surface area contributed by atoms with Crippen LogP contribution in [0.1, 0.15) is 31.2 Å². The van der Waals surface area contributed by atoms with Gasteiger partial charge in [0.2, 0.25) is 0 Å². The van der Waals surface area contributed by atoms with E-state index in [1.54, 1.807) is 41.3 Å². The van der Waals surface area contributed by atoms with Gasteiger partial charge in [-0.05, 0) is 42.5 Å². The summed E-state index contributed by atoms with van der Waals surface area (Å²) in [5.74, 6) is 0.0644. The van der Waals surface area contributed by atoms with Crippen LogP contribution in [0.2, 0.25) is 0 Å². The molecule has 49 heavy (non-hydrogen) atoms. The highest BCUT2D eigenvalue weighted by molar-refractivity contribution is 7.22. The highest BCUT2D eigenvalue weighted by Crippen LogP contribution is 2.36. The SMILES string of the molecule is O=C(Nc1ccc(C(F)(F)F)cc1)Nc1ncc(CCNc2ncnc3cc(-c4cnn(CCN5C(=O)c6ccccc6C5=O)c4)sc23)s1. The summed E-state index contributed by atoms with van der Waals surface area (Å²) in [6.07, 6.45) is 2.85. The molecule has 4 aromatic heterocycles. The van der Waals surface area contributed by atoms with Crippen LogP contribution in [0, 0.1) is 0 Å². The molecular weight excluding hydrogens is 680 g/mol. The molecule has 0 spiro atoms. The lowest BCUT2D eigenvalue weighted by molar-refractivity contribution is -0.137. The van der Waals surface area contributed by atoms with E-state index >= 15 is 0 Å². The van der Waals surface area contributed by atoms with Crippen molar-refractivity contribution in [3.8, 4) is 10.4 Å². The van der Waals surface area contributed by atoms with Crippen LogP contribution in [0.5, 0.6) is 0 Å². The Morgan fingerprint density at radius 1 is 0.878 bits per heavy atom. The smallest absolute Gasteiger partial charge is 0.368 e. The number of hydrogen-bond donors (Lipinski definition) is 3. The van der Waals surface area contributed by atoms with Crippen molar-refractivity contribution in [1.29, 1.82) is 0 Å². The number of rotatable bonds is 10. The number of urea groups is 1. The second-order valence-corrected chi connectivity index (χ2v) is 13.0. The molecule has 4 amide bonds. The number of aromatic nitrogens is 5. The third-order valence-electron chi connectivity index (χ3n) is 7.57. The molecule has 12 nitrogen and oxygen atoms in total. The molecule has 0 atom stereocenters. The summed E-state index contributed by atoms with van der Waals surface area (Å²) in [7, 11) is 0. The summed E-state index contributed by atoms with van der Waals surface area (Å²) >= 11 is 2.78. The third-order valence-corrected chi connectivity index (χ3v) is 9.72. The van der Waals surface area contributed by atoms with Crippen molar-refractivity contribution in [1.82, 2.24) is 29.6 Å². The Kier molecular flexibility index (Phi) is 8.52. The van der Waals surface area contributed by atoms with Crippen LogP contribution in [-0.4, -0.2) is 60.6 Å². The van der Waals surface area contributed by atoms with E-state index in [-0.39, 0.29) is 24.0 Å². The summed E-state index contributed by atoms with van der Waals surface area (Å²) in [4.78, 5) is 53.8. The highest BCUT2D eigenvalue weighted by atomic mass is 32.1. The Morgan fingerprint density at radius 2 is 1.63 bits per heavy atom. The van der Waals surface area contributed by atoms with Gasteiger partial charge < -0.3 is 10.6 Å². The second-order valence-electron chi connectivity index (χ2n) is 10.8. The summed E-state index contributed by atoms with van der Waals surface area (Å²) in [6, 6.07) is 12.3. The van der Waals surface area contributed by atoms with Crippen LogP contribution >= 0.6 is 22.7 Å². The molecule has 2 aromatic carbocycles. The van der Waals surface area contributed by atoms with Gasteiger partial charge >= 0.3 is 12.2 Å². The number of nitrogens with zero attached hydrogens (tertiary/aromatic N) is 6. The molecule has 1 aliphatic heterocycles. The van der Waals surface area contributed by atoms with Crippen molar-refractivity contribution >= 4 is 67.4 Å². The second kappa shape index (κ2) is 13.1. The number of thiazole rings is 1. The number of nitrogens with one attached hydrogen (secondary N) is 3. The van der Waals surface area contributed by atoms with Crippen LogP contribution in [0.3, 0.4) is 0 Å². The van der Waals surface area contributed by atoms with Crippen LogP contribution in [0.15, 0.2) is 79.5 Å². The zero-order valence-corrected chi connectivity index (χ0v) is 26.8. The maximum atomic E-state index is 12.8. The van der Waals surface area contributed by atoms with E-state index in [9.17, 15) is 27.6 Å². The minimum Gasteiger partial charge on any atom is -0.368 e. The van der Waals surface area contributed by atoms with Crippen LogP contribution in [0.25, 0.3) is 20.7 Å². The first-order valence-electron chi connectivity index (χ1n) is 14.8. The zero-order valence-electron chi connectivity index (χ0n) is 25.2. The maximum absolute atomic E-state index is 12.8. The van der Waals surface area contributed by atoms with E-state index in [0.29, 0.717) is 41.6 Å². The number of fused-ring (bicyclic) bond motifs is 2. The van der Waals surface area contributed by atoms with Crippen LogP contribution in [-0.2, 0) is 19.1 Å². The Morgan fingerprint density at radius 3 is 2.37 bits per heavy atom. The number of benzene rings is 2. The summed E-state index contributed by atoms with van der Waals surface area (Å²) < 4.78 is 40.8. The molecule has 0 unspecified atom stereocenters. The fraction of sp³-hybridized carbons (Fsp3) is 0.156. The largest absolute Gasteiger partial charge is 0.416 e. The van der Waals surface area contributed by atoms with Crippen LogP contribution in [0.4, 0.5) is 34.6 Å². The van der Waals surface area contributed by atoms with Crippen LogP contribution < -0.4 is 16.0 Å². The summed E-state index contributed by atoms with van der Waals surface area (Å²) in [5, 5.41) is 13.2. The van der Waals surface area contributed by atoms with Gasteiger partial charge in [0.05, 0.1) is 39.6 Å². The Hall–Kier alpha value is -5.68. The number of carbonyl (C=O) groups excluding carboxylic acids is 3. The van der Waals surface area contributed by atoms with E-state index in [0.717, 1.165) is 37.7 Å². The quantitative estimate of drug-likeness (QED) is 0.135. The van der Waals surface area contributed by atoms with Gasteiger partial charge in [-0.25, -0.2) is 19.7 Å². The summed E-state index contributed by atoms with van der Waals surface area (Å²) in [6.45, 7) is 1.07. The topological polar surface area (TPSA) is 147 Å².